The van der Waals surface area contributed by atoms with Gasteiger partial charge in [-0.05, 0) is 37.0 Å². The smallest absolute Gasteiger partial charge is 0.304 e. The van der Waals surface area contributed by atoms with Gasteiger partial charge in [0.05, 0.1) is 18.9 Å². The standard InChI is InChI=1S/C20H26O3/c1-2-6-18(15-20(21)22)17-9-11-19(12-10-17)23-14-13-16-7-4-3-5-8-16/h9-12,16,18H,3-5,7-8,13-15H2,1H3,(H,21,22). The predicted molar refractivity (Wildman–Crippen MR) is 91.6 cm³/mol. The van der Waals surface area contributed by atoms with Crippen molar-refractivity contribution in [3.05, 3.63) is 29.8 Å². The summed E-state index contributed by atoms with van der Waals surface area (Å²) in [5.74, 6) is 6.36. The highest BCUT2D eigenvalue weighted by Gasteiger charge is 2.14. The van der Waals surface area contributed by atoms with Gasteiger partial charge in [0.25, 0.3) is 0 Å². The van der Waals surface area contributed by atoms with Gasteiger partial charge in [-0.2, -0.15) is 0 Å². The van der Waals surface area contributed by atoms with E-state index in [2.05, 4.69) is 11.8 Å². The highest BCUT2D eigenvalue weighted by Crippen LogP contribution is 2.27. The Morgan fingerprint density at radius 3 is 2.57 bits per heavy atom. The second-order valence-electron chi connectivity index (χ2n) is 6.25. The van der Waals surface area contributed by atoms with E-state index in [0.29, 0.717) is 0 Å². The molecule has 0 radical (unpaired) electrons. The average molecular weight is 314 g/mol. The summed E-state index contributed by atoms with van der Waals surface area (Å²) in [6, 6.07) is 7.69. The molecule has 1 saturated carbocycles. The molecular weight excluding hydrogens is 288 g/mol. The second kappa shape index (κ2) is 9.25. The zero-order valence-electron chi connectivity index (χ0n) is 13.9. The minimum absolute atomic E-state index is 0.0305. The second-order valence-corrected chi connectivity index (χ2v) is 6.25. The van der Waals surface area contributed by atoms with Gasteiger partial charge in [-0.15, -0.1) is 5.92 Å². The zero-order valence-corrected chi connectivity index (χ0v) is 13.9. The van der Waals surface area contributed by atoms with Crippen LogP contribution in [0.15, 0.2) is 24.3 Å². The van der Waals surface area contributed by atoms with Crippen LogP contribution in [0, 0.1) is 17.8 Å². The predicted octanol–water partition coefficient (Wildman–Crippen LogP) is 4.62. The van der Waals surface area contributed by atoms with Crippen LogP contribution in [-0.2, 0) is 4.79 Å². The Balaban J connectivity index is 1.84. The van der Waals surface area contributed by atoms with E-state index in [9.17, 15) is 4.79 Å². The molecule has 1 atom stereocenters. The summed E-state index contributed by atoms with van der Waals surface area (Å²) < 4.78 is 5.83. The molecule has 0 aliphatic heterocycles. The lowest BCUT2D eigenvalue weighted by Gasteiger charge is -2.21. The third kappa shape index (κ3) is 5.98. The average Bonchev–Trinajstić information content (AvgIpc) is 2.56. The number of carboxylic acids is 1. The molecule has 1 aliphatic rings. The van der Waals surface area contributed by atoms with Crippen molar-refractivity contribution >= 4 is 5.97 Å². The molecule has 2 rings (SSSR count). The maximum atomic E-state index is 10.9. The van der Waals surface area contributed by atoms with Gasteiger partial charge in [0, 0.05) is 0 Å². The maximum absolute atomic E-state index is 10.9. The van der Waals surface area contributed by atoms with E-state index in [1.807, 2.05) is 24.3 Å². The van der Waals surface area contributed by atoms with Gasteiger partial charge in [-0.1, -0.05) is 50.2 Å². The van der Waals surface area contributed by atoms with Crippen molar-refractivity contribution in [1.29, 1.82) is 0 Å². The van der Waals surface area contributed by atoms with Crippen molar-refractivity contribution in [3.8, 4) is 17.6 Å². The van der Waals surface area contributed by atoms with Gasteiger partial charge >= 0.3 is 5.97 Å². The summed E-state index contributed by atoms with van der Waals surface area (Å²) in [5.41, 5.74) is 0.932. The number of hydrogen-bond donors (Lipinski definition) is 1. The Labute approximate surface area is 139 Å². The summed E-state index contributed by atoms with van der Waals surface area (Å²) in [5, 5.41) is 8.97. The van der Waals surface area contributed by atoms with Crippen LogP contribution in [0.25, 0.3) is 0 Å². The quantitative estimate of drug-likeness (QED) is 0.747. The normalized spacial score (nSPS) is 16.2. The van der Waals surface area contributed by atoms with Crippen molar-refractivity contribution in [2.24, 2.45) is 5.92 Å². The highest BCUT2D eigenvalue weighted by molar-refractivity contribution is 5.69. The molecule has 3 heteroatoms. The van der Waals surface area contributed by atoms with Gasteiger partial charge in [-0.25, -0.2) is 0 Å². The number of hydrogen-bond acceptors (Lipinski definition) is 2. The third-order valence-electron chi connectivity index (χ3n) is 4.50. The fourth-order valence-corrected chi connectivity index (χ4v) is 3.22. The number of benzene rings is 1. The van der Waals surface area contributed by atoms with Gasteiger partial charge in [0.1, 0.15) is 5.75 Å². The van der Waals surface area contributed by atoms with Crippen LogP contribution >= 0.6 is 0 Å². The molecule has 3 nitrogen and oxygen atoms in total. The molecule has 0 amide bonds. The molecule has 0 heterocycles. The lowest BCUT2D eigenvalue weighted by atomic mass is 9.87. The summed E-state index contributed by atoms with van der Waals surface area (Å²) in [7, 11) is 0. The minimum atomic E-state index is -0.828. The SMILES string of the molecule is CC#CC(CC(=O)O)c1ccc(OCCC2CCCCC2)cc1. The van der Waals surface area contributed by atoms with Crippen molar-refractivity contribution in [2.45, 2.75) is 57.8 Å². The molecule has 1 aliphatic carbocycles. The fraction of sp³-hybridized carbons (Fsp3) is 0.550. The Morgan fingerprint density at radius 1 is 1.26 bits per heavy atom. The fourth-order valence-electron chi connectivity index (χ4n) is 3.22. The Morgan fingerprint density at radius 2 is 1.96 bits per heavy atom. The van der Waals surface area contributed by atoms with E-state index in [1.54, 1.807) is 6.92 Å². The van der Waals surface area contributed by atoms with E-state index in [0.717, 1.165) is 30.3 Å². The van der Waals surface area contributed by atoms with Gasteiger partial charge in [0.15, 0.2) is 0 Å². The van der Waals surface area contributed by atoms with Crippen molar-refractivity contribution in [3.63, 3.8) is 0 Å². The molecule has 1 fully saturated rings. The maximum Gasteiger partial charge on any atom is 0.304 e. The molecule has 0 aromatic heterocycles. The van der Waals surface area contributed by atoms with Crippen LogP contribution in [0.4, 0.5) is 0 Å². The Hall–Kier alpha value is -1.95. The number of carbonyl (C=O) groups is 1. The Kier molecular flexibility index (Phi) is 7.00. The molecule has 1 N–H and O–H groups in total. The van der Waals surface area contributed by atoms with E-state index >= 15 is 0 Å². The molecule has 23 heavy (non-hydrogen) atoms. The molecule has 0 spiro atoms. The monoisotopic (exact) mass is 314 g/mol. The first-order valence-electron chi connectivity index (χ1n) is 8.56. The summed E-state index contributed by atoms with van der Waals surface area (Å²) in [6.45, 7) is 2.49. The summed E-state index contributed by atoms with van der Waals surface area (Å²) in [4.78, 5) is 10.9. The van der Waals surface area contributed by atoms with Crippen LogP contribution in [0.2, 0.25) is 0 Å². The largest absolute Gasteiger partial charge is 0.494 e. The lowest BCUT2D eigenvalue weighted by Crippen LogP contribution is -2.10. The summed E-state index contributed by atoms with van der Waals surface area (Å²) >= 11 is 0. The third-order valence-corrected chi connectivity index (χ3v) is 4.50. The van der Waals surface area contributed by atoms with Crippen LogP contribution < -0.4 is 4.74 Å². The van der Waals surface area contributed by atoms with E-state index in [4.69, 9.17) is 9.84 Å². The van der Waals surface area contributed by atoms with Gasteiger partial charge < -0.3 is 9.84 Å². The lowest BCUT2D eigenvalue weighted by molar-refractivity contribution is -0.137. The first-order valence-corrected chi connectivity index (χ1v) is 8.56. The van der Waals surface area contributed by atoms with Gasteiger partial charge in [0.2, 0.25) is 0 Å². The number of ether oxygens (including phenoxy) is 1. The van der Waals surface area contributed by atoms with Crippen LogP contribution in [-0.4, -0.2) is 17.7 Å². The first-order chi connectivity index (χ1) is 11.2. The van der Waals surface area contributed by atoms with Gasteiger partial charge in [-0.3, -0.25) is 4.79 Å². The van der Waals surface area contributed by atoms with E-state index < -0.39 is 5.97 Å². The Bertz CT molecular complexity index is 544. The molecule has 0 saturated heterocycles. The highest BCUT2D eigenvalue weighted by atomic mass is 16.5. The minimum Gasteiger partial charge on any atom is -0.494 e. The van der Waals surface area contributed by atoms with Crippen molar-refractivity contribution in [1.82, 2.24) is 0 Å². The van der Waals surface area contributed by atoms with Crippen LogP contribution in [0.1, 0.15) is 63.4 Å². The number of rotatable bonds is 7. The molecule has 1 unspecified atom stereocenters. The summed E-state index contributed by atoms with van der Waals surface area (Å²) in [6.07, 6.45) is 7.96. The molecule has 124 valence electrons. The van der Waals surface area contributed by atoms with Crippen molar-refractivity contribution < 1.29 is 14.6 Å². The van der Waals surface area contributed by atoms with Crippen LogP contribution in [0.5, 0.6) is 5.75 Å². The zero-order chi connectivity index (χ0) is 16.5. The van der Waals surface area contributed by atoms with Crippen molar-refractivity contribution in [2.75, 3.05) is 6.61 Å². The molecule has 1 aromatic rings. The molecule has 0 bridgehead atoms. The molecule has 1 aromatic carbocycles. The number of aliphatic carboxylic acids is 1. The number of carboxylic acid groups (broad SMARTS) is 1. The molecular formula is C20H26O3. The van der Waals surface area contributed by atoms with E-state index in [-0.39, 0.29) is 12.3 Å². The van der Waals surface area contributed by atoms with Crippen LogP contribution in [0.3, 0.4) is 0 Å². The topological polar surface area (TPSA) is 46.5 Å². The first kappa shape index (κ1) is 17.4. The van der Waals surface area contributed by atoms with E-state index in [1.165, 1.54) is 32.1 Å².